The van der Waals surface area contributed by atoms with E-state index in [2.05, 4.69) is 4.72 Å². The van der Waals surface area contributed by atoms with Gasteiger partial charge in [0.05, 0.1) is 22.6 Å². The van der Waals surface area contributed by atoms with Crippen LogP contribution in [-0.2, 0) is 16.6 Å². The second-order valence-electron chi connectivity index (χ2n) is 6.70. The number of nitro benzene ring substituents is 1. The van der Waals surface area contributed by atoms with Crippen LogP contribution in [0.15, 0.2) is 45.9 Å². The molecule has 1 aromatic heterocycles. The molecule has 9 heteroatoms. The Hall–Kier alpha value is -2.39. The van der Waals surface area contributed by atoms with Crippen molar-refractivity contribution >= 4 is 21.4 Å². The minimum Gasteiger partial charge on any atom is -0.467 e. The molecule has 1 N–H and O–H groups in total. The normalized spacial score (nSPS) is 12.2. The Morgan fingerprint density at radius 3 is 2.48 bits per heavy atom. The quantitative estimate of drug-likeness (QED) is 0.621. The second-order valence-corrected chi connectivity index (χ2v) is 8.38. The van der Waals surface area contributed by atoms with Crippen LogP contribution in [0.1, 0.15) is 26.5 Å². The van der Waals surface area contributed by atoms with Crippen LogP contribution in [0.25, 0.3) is 0 Å². The van der Waals surface area contributed by atoms with E-state index in [0.29, 0.717) is 18.0 Å². The van der Waals surface area contributed by atoms with Gasteiger partial charge in [-0.2, -0.15) is 0 Å². The zero-order valence-electron chi connectivity index (χ0n) is 14.5. The molecule has 0 bridgehead atoms. The van der Waals surface area contributed by atoms with Gasteiger partial charge in [0.2, 0.25) is 10.0 Å². The maximum absolute atomic E-state index is 12.4. The molecule has 1 aromatic carbocycles. The number of nitro groups is 1. The molecule has 0 unspecified atom stereocenters. The SMILES string of the molecule is CN(Cc1ccco1)c1ccc(S(=O)(=O)NC(C)(C)C)cc1[N+](=O)[O-]. The predicted molar refractivity (Wildman–Crippen MR) is 94.0 cm³/mol. The molecule has 0 atom stereocenters. The summed E-state index contributed by atoms with van der Waals surface area (Å²) < 4.78 is 32.5. The lowest BCUT2D eigenvalue weighted by atomic mass is 10.1. The lowest BCUT2D eigenvalue weighted by Gasteiger charge is -2.21. The average Bonchev–Trinajstić information content (AvgIpc) is 2.96. The Kier molecular flexibility index (Phi) is 5.19. The van der Waals surface area contributed by atoms with E-state index in [1.807, 2.05) is 0 Å². The van der Waals surface area contributed by atoms with E-state index < -0.39 is 20.5 Å². The molecule has 0 amide bonds. The number of nitrogens with one attached hydrogen (secondary N) is 1. The van der Waals surface area contributed by atoms with Gasteiger partial charge in [0.1, 0.15) is 11.4 Å². The lowest BCUT2D eigenvalue weighted by Crippen LogP contribution is -2.40. The summed E-state index contributed by atoms with van der Waals surface area (Å²) in [4.78, 5) is 12.3. The van der Waals surface area contributed by atoms with Crippen LogP contribution < -0.4 is 9.62 Å². The highest BCUT2D eigenvalue weighted by molar-refractivity contribution is 7.89. The topological polar surface area (TPSA) is 106 Å². The third-order valence-electron chi connectivity index (χ3n) is 3.28. The van der Waals surface area contributed by atoms with Crippen molar-refractivity contribution in [2.45, 2.75) is 37.8 Å². The molecule has 0 aliphatic heterocycles. The Morgan fingerprint density at radius 1 is 1.28 bits per heavy atom. The summed E-state index contributed by atoms with van der Waals surface area (Å²) in [6.07, 6.45) is 1.52. The molecule has 136 valence electrons. The minimum absolute atomic E-state index is 0.149. The van der Waals surface area contributed by atoms with Gasteiger partial charge in [0, 0.05) is 18.7 Å². The molecule has 0 spiro atoms. The van der Waals surface area contributed by atoms with Crippen LogP contribution in [-0.4, -0.2) is 25.9 Å². The highest BCUT2D eigenvalue weighted by atomic mass is 32.2. The van der Waals surface area contributed by atoms with Gasteiger partial charge in [-0.25, -0.2) is 13.1 Å². The third kappa shape index (κ3) is 4.80. The van der Waals surface area contributed by atoms with E-state index in [1.54, 1.807) is 44.9 Å². The molecule has 0 aliphatic rings. The monoisotopic (exact) mass is 367 g/mol. The van der Waals surface area contributed by atoms with Crippen molar-refractivity contribution in [3.05, 3.63) is 52.5 Å². The molecular weight excluding hydrogens is 346 g/mol. The number of furan rings is 1. The lowest BCUT2D eigenvalue weighted by molar-refractivity contribution is -0.384. The van der Waals surface area contributed by atoms with Crippen LogP contribution in [0.4, 0.5) is 11.4 Å². The fourth-order valence-corrected chi connectivity index (χ4v) is 3.76. The summed E-state index contributed by atoms with van der Waals surface area (Å²) in [7, 11) is -2.18. The molecular formula is C16H21N3O5S. The van der Waals surface area contributed by atoms with E-state index in [4.69, 9.17) is 4.42 Å². The van der Waals surface area contributed by atoms with Crippen molar-refractivity contribution in [1.82, 2.24) is 4.72 Å². The standard InChI is InChI=1S/C16H21N3O5S/c1-16(2,3)17-25(22,23)13-7-8-14(15(10-13)19(20)21)18(4)11-12-6-5-9-24-12/h5-10,17H,11H2,1-4H3. The maximum atomic E-state index is 12.4. The highest BCUT2D eigenvalue weighted by Gasteiger charge is 2.26. The van der Waals surface area contributed by atoms with Crippen molar-refractivity contribution < 1.29 is 17.8 Å². The Bertz CT molecular complexity index is 854. The number of benzene rings is 1. The molecule has 0 fully saturated rings. The smallest absolute Gasteiger partial charge is 0.293 e. The first-order chi connectivity index (χ1) is 11.5. The minimum atomic E-state index is -3.86. The van der Waals surface area contributed by atoms with Gasteiger partial charge >= 0.3 is 0 Å². The van der Waals surface area contributed by atoms with E-state index in [-0.39, 0.29) is 10.6 Å². The Balaban J connectivity index is 2.39. The molecule has 2 aromatic rings. The third-order valence-corrected chi connectivity index (χ3v) is 5.03. The number of rotatable bonds is 6. The number of sulfonamides is 1. The summed E-state index contributed by atoms with van der Waals surface area (Å²) in [5.74, 6) is 0.642. The number of nitrogens with zero attached hydrogens (tertiary/aromatic N) is 2. The molecule has 25 heavy (non-hydrogen) atoms. The molecule has 1 heterocycles. The fraction of sp³-hybridized carbons (Fsp3) is 0.375. The van der Waals surface area contributed by atoms with Gasteiger partial charge in [-0.05, 0) is 45.0 Å². The maximum Gasteiger partial charge on any atom is 0.293 e. The van der Waals surface area contributed by atoms with Crippen LogP contribution in [0.2, 0.25) is 0 Å². The van der Waals surface area contributed by atoms with E-state index in [0.717, 1.165) is 6.07 Å². The van der Waals surface area contributed by atoms with Gasteiger partial charge in [-0.15, -0.1) is 0 Å². The summed E-state index contributed by atoms with van der Waals surface area (Å²) in [6.45, 7) is 5.42. The largest absolute Gasteiger partial charge is 0.467 e. The van der Waals surface area contributed by atoms with Gasteiger partial charge in [-0.3, -0.25) is 10.1 Å². The summed E-state index contributed by atoms with van der Waals surface area (Å²) in [5.41, 5.74) is -0.676. The summed E-state index contributed by atoms with van der Waals surface area (Å²) in [5, 5.41) is 11.4. The van der Waals surface area contributed by atoms with Crippen molar-refractivity contribution in [2.75, 3.05) is 11.9 Å². The number of hydrogen-bond donors (Lipinski definition) is 1. The summed E-state index contributed by atoms with van der Waals surface area (Å²) >= 11 is 0. The average molecular weight is 367 g/mol. The van der Waals surface area contributed by atoms with Crippen molar-refractivity contribution in [1.29, 1.82) is 0 Å². The molecule has 2 rings (SSSR count). The molecule has 0 radical (unpaired) electrons. The first-order valence-corrected chi connectivity index (χ1v) is 9.04. The highest BCUT2D eigenvalue weighted by Crippen LogP contribution is 2.31. The van der Waals surface area contributed by atoms with Crippen LogP contribution in [0.3, 0.4) is 0 Å². The first kappa shape index (κ1) is 18.9. The van der Waals surface area contributed by atoms with E-state index in [9.17, 15) is 18.5 Å². The van der Waals surface area contributed by atoms with Gasteiger partial charge in [0.15, 0.2) is 0 Å². The van der Waals surface area contributed by atoms with Crippen molar-refractivity contribution in [2.24, 2.45) is 0 Å². The number of hydrogen-bond acceptors (Lipinski definition) is 6. The first-order valence-electron chi connectivity index (χ1n) is 7.55. The Morgan fingerprint density at radius 2 is 1.96 bits per heavy atom. The van der Waals surface area contributed by atoms with Crippen molar-refractivity contribution in [3.8, 4) is 0 Å². The second kappa shape index (κ2) is 6.85. The summed E-state index contributed by atoms with van der Waals surface area (Å²) in [6, 6.07) is 7.34. The van der Waals surface area contributed by atoms with E-state index >= 15 is 0 Å². The van der Waals surface area contributed by atoms with Crippen molar-refractivity contribution in [3.63, 3.8) is 0 Å². The zero-order chi connectivity index (χ0) is 18.8. The molecule has 0 saturated carbocycles. The molecule has 8 nitrogen and oxygen atoms in total. The van der Waals surface area contributed by atoms with Crippen LogP contribution in [0.5, 0.6) is 0 Å². The van der Waals surface area contributed by atoms with Crippen LogP contribution >= 0.6 is 0 Å². The fourth-order valence-electron chi connectivity index (χ4n) is 2.32. The predicted octanol–water partition coefficient (Wildman–Crippen LogP) is 2.90. The van der Waals surface area contributed by atoms with E-state index in [1.165, 1.54) is 18.4 Å². The van der Waals surface area contributed by atoms with Gasteiger partial charge in [-0.1, -0.05) is 0 Å². The molecule has 0 saturated heterocycles. The zero-order valence-corrected chi connectivity index (χ0v) is 15.3. The van der Waals surface area contributed by atoms with Crippen LogP contribution in [0, 0.1) is 10.1 Å². The van der Waals surface area contributed by atoms with Gasteiger partial charge < -0.3 is 9.32 Å². The van der Waals surface area contributed by atoms with Gasteiger partial charge in [0.25, 0.3) is 5.69 Å². The number of anilines is 1. The Labute approximate surface area is 146 Å². The molecule has 0 aliphatic carbocycles.